The molecule has 4 unspecified atom stereocenters. The minimum Gasteiger partial charge on any atom is -0.378 e. The van der Waals surface area contributed by atoms with Crippen LogP contribution in [0.25, 0.3) is 0 Å². The first-order chi connectivity index (χ1) is 11.5. The summed E-state index contributed by atoms with van der Waals surface area (Å²) in [6, 6.07) is 5.83. The van der Waals surface area contributed by atoms with E-state index in [0.717, 1.165) is 43.8 Å². The molecule has 24 heavy (non-hydrogen) atoms. The van der Waals surface area contributed by atoms with Gasteiger partial charge >= 0.3 is 6.18 Å². The molecule has 0 spiro atoms. The quantitative estimate of drug-likeness (QED) is 0.635. The van der Waals surface area contributed by atoms with Crippen LogP contribution in [0.2, 0.25) is 0 Å². The van der Waals surface area contributed by atoms with Crippen molar-refractivity contribution in [1.29, 1.82) is 0 Å². The number of hydrogen-bond acceptors (Lipinski definition) is 1. The molecule has 0 amide bonds. The van der Waals surface area contributed by atoms with Crippen molar-refractivity contribution in [2.45, 2.75) is 70.1 Å². The van der Waals surface area contributed by atoms with E-state index in [4.69, 9.17) is 4.74 Å². The van der Waals surface area contributed by atoms with Gasteiger partial charge in [-0.2, -0.15) is 13.2 Å². The molecule has 1 aromatic rings. The van der Waals surface area contributed by atoms with E-state index in [1.54, 1.807) is 12.1 Å². The van der Waals surface area contributed by atoms with Crippen molar-refractivity contribution < 1.29 is 17.9 Å². The first kappa shape index (κ1) is 17.8. The Hall–Kier alpha value is -1.03. The Morgan fingerprint density at radius 2 is 1.62 bits per heavy atom. The fourth-order valence-electron chi connectivity index (χ4n) is 4.53. The summed E-state index contributed by atoms with van der Waals surface area (Å²) in [6.45, 7) is 3.00. The van der Waals surface area contributed by atoms with Crippen LogP contribution in [0.5, 0.6) is 0 Å². The topological polar surface area (TPSA) is 9.23 Å². The number of alkyl halides is 3. The normalized spacial score (nSPS) is 30.8. The Labute approximate surface area is 142 Å². The maximum Gasteiger partial charge on any atom is 0.416 e. The standard InChI is InChI=1S/C20H27F3O/c1-2-11-24-19-10-7-16-12-15(3-4-17(16)13-19)14-5-8-18(9-6-14)20(21,22)23/h5-6,8-9,15-17,19H,2-4,7,10-13H2,1H3. The van der Waals surface area contributed by atoms with Crippen molar-refractivity contribution in [1.82, 2.24) is 0 Å². The van der Waals surface area contributed by atoms with Gasteiger partial charge in [0.15, 0.2) is 0 Å². The molecule has 2 fully saturated rings. The van der Waals surface area contributed by atoms with Gasteiger partial charge in [-0.05, 0) is 80.4 Å². The summed E-state index contributed by atoms with van der Waals surface area (Å²) in [4.78, 5) is 0. The molecule has 0 radical (unpaired) electrons. The van der Waals surface area contributed by atoms with Crippen LogP contribution in [-0.2, 0) is 10.9 Å². The van der Waals surface area contributed by atoms with Crippen molar-refractivity contribution >= 4 is 0 Å². The Bertz CT molecular complexity index is 523. The second-order valence-electron chi connectivity index (χ2n) is 7.46. The van der Waals surface area contributed by atoms with Crippen LogP contribution in [0.1, 0.15) is 68.9 Å². The van der Waals surface area contributed by atoms with Gasteiger partial charge < -0.3 is 4.74 Å². The minimum absolute atomic E-state index is 0.418. The minimum atomic E-state index is -4.24. The van der Waals surface area contributed by atoms with Crippen LogP contribution in [-0.4, -0.2) is 12.7 Å². The van der Waals surface area contributed by atoms with Gasteiger partial charge in [0.25, 0.3) is 0 Å². The van der Waals surface area contributed by atoms with Gasteiger partial charge in [0, 0.05) is 6.61 Å². The van der Waals surface area contributed by atoms with Crippen molar-refractivity contribution in [3.63, 3.8) is 0 Å². The molecule has 0 bridgehead atoms. The molecule has 0 heterocycles. The van der Waals surface area contributed by atoms with E-state index in [-0.39, 0.29) is 0 Å². The molecule has 4 heteroatoms. The number of ether oxygens (including phenoxy) is 1. The highest BCUT2D eigenvalue weighted by Gasteiger charge is 2.36. The maximum absolute atomic E-state index is 12.7. The van der Waals surface area contributed by atoms with E-state index >= 15 is 0 Å². The molecule has 2 saturated carbocycles. The van der Waals surface area contributed by atoms with Gasteiger partial charge in [0.2, 0.25) is 0 Å². The third-order valence-electron chi connectivity index (χ3n) is 5.83. The second-order valence-corrected chi connectivity index (χ2v) is 7.46. The van der Waals surface area contributed by atoms with Crippen molar-refractivity contribution in [3.05, 3.63) is 35.4 Å². The van der Waals surface area contributed by atoms with Crippen LogP contribution in [0.4, 0.5) is 13.2 Å². The molecule has 0 saturated heterocycles. The summed E-state index contributed by atoms with van der Waals surface area (Å²) in [6.07, 6.45) is 4.16. The van der Waals surface area contributed by atoms with E-state index in [1.165, 1.54) is 31.4 Å². The van der Waals surface area contributed by atoms with Crippen molar-refractivity contribution in [2.24, 2.45) is 11.8 Å². The first-order valence-electron chi connectivity index (χ1n) is 9.26. The fraction of sp³-hybridized carbons (Fsp3) is 0.700. The predicted octanol–water partition coefficient (Wildman–Crippen LogP) is 6.18. The molecule has 0 aliphatic heterocycles. The first-order valence-corrected chi connectivity index (χ1v) is 9.26. The lowest BCUT2D eigenvalue weighted by Gasteiger charge is -2.42. The van der Waals surface area contributed by atoms with E-state index in [0.29, 0.717) is 17.9 Å². The number of benzene rings is 1. The van der Waals surface area contributed by atoms with Crippen molar-refractivity contribution in [2.75, 3.05) is 6.61 Å². The lowest BCUT2D eigenvalue weighted by atomic mass is 9.65. The molecular formula is C20H27F3O. The SMILES string of the molecule is CCCOC1CCC2CC(c3ccc(C(F)(F)F)cc3)CCC2C1. The zero-order valence-corrected chi connectivity index (χ0v) is 14.3. The summed E-state index contributed by atoms with van der Waals surface area (Å²) in [7, 11) is 0. The van der Waals surface area contributed by atoms with E-state index < -0.39 is 11.7 Å². The van der Waals surface area contributed by atoms with Gasteiger partial charge in [-0.15, -0.1) is 0 Å². The molecule has 134 valence electrons. The van der Waals surface area contributed by atoms with E-state index in [2.05, 4.69) is 6.92 Å². The zero-order chi connectivity index (χ0) is 17.2. The lowest BCUT2D eigenvalue weighted by molar-refractivity contribution is -0.137. The predicted molar refractivity (Wildman–Crippen MR) is 88.9 cm³/mol. The largest absolute Gasteiger partial charge is 0.416 e. The Morgan fingerprint density at radius 1 is 0.958 bits per heavy atom. The molecule has 1 nitrogen and oxygen atoms in total. The smallest absolute Gasteiger partial charge is 0.378 e. The summed E-state index contributed by atoms with van der Waals surface area (Å²) in [5.41, 5.74) is 0.527. The maximum atomic E-state index is 12.7. The van der Waals surface area contributed by atoms with Crippen molar-refractivity contribution in [3.8, 4) is 0 Å². The van der Waals surface area contributed by atoms with Crippen LogP contribution in [0.3, 0.4) is 0 Å². The average molecular weight is 340 g/mol. The molecule has 0 N–H and O–H groups in total. The third kappa shape index (κ3) is 4.14. The summed E-state index contributed by atoms with van der Waals surface area (Å²) in [5, 5.41) is 0. The molecular weight excluding hydrogens is 313 g/mol. The molecule has 0 aromatic heterocycles. The molecule has 2 aliphatic rings. The van der Waals surface area contributed by atoms with Gasteiger partial charge in [0.1, 0.15) is 0 Å². The van der Waals surface area contributed by atoms with Gasteiger partial charge in [-0.1, -0.05) is 19.1 Å². The molecule has 1 aromatic carbocycles. The Kier molecular flexibility index (Phi) is 5.53. The fourth-order valence-corrected chi connectivity index (χ4v) is 4.53. The number of hydrogen-bond donors (Lipinski definition) is 0. The van der Waals surface area contributed by atoms with Crippen LogP contribution in [0, 0.1) is 11.8 Å². The number of fused-ring (bicyclic) bond motifs is 1. The van der Waals surface area contributed by atoms with Gasteiger partial charge in [-0.25, -0.2) is 0 Å². The highest BCUT2D eigenvalue weighted by atomic mass is 19.4. The monoisotopic (exact) mass is 340 g/mol. The molecule has 2 aliphatic carbocycles. The molecule has 3 rings (SSSR count). The van der Waals surface area contributed by atoms with E-state index in [1.807, 2.05) is 0 Å². The highest BCUT2D eigenvalue weighted by molar-refractivity contribution is 5.27. The Morgan fingerprint density at radius 3 is 2.29 bits per heavy atom. The van der Waals surface area contributed by atoms with E-state index in [9.17, 15) is 13.2 Å². The summed E-state index contributed by atoms with van der Waals surface area (Å²) < 4.78 is 44.0. The lowest BCUT2D eigenvalue weighted by Crippen LogP contribution is -2.33. The van der Waals surface area contributed by atoms with Crippen LogP contribution in [0.15, 0.2) is 24.3 Å². The number of halogens is 3. The van der Waals surface area contributed by atoms with Gasteiger partial charge in [0.05, 0.1) is 11.7 Å². The van der Waals surface area contributed by atoms with Crippen LogP contribution >= 0.6 is 0 Å². The average Bonchev–Trinajstić information content (AvgIpc) is 2.58. The van der Waals surface area contributed by atoms with Gasteiger partial charge in [-0.3, -0.25) is 0 Å². The second kappa shape index (κ2) is 7.47. The highest BCUT2D eigenvalue weighted by Crippen LogP contribution is 2.46. The third-order valence-corrected chi connectivity index (χ3v) is 5.83. The van der Waals surface area contributed by atoms with Crippen LogP contribution < -0.4 is 0 Å². The Balaban J connectivity index is 1.58. The zero-order valence-electron chi connectivity index (χ0n) is 14.3. The summed E-state index contributed by atoms with van der Waals surface area (Å²) >= 11 is 0. The number of rotatable bonds is 4. The summed E-state index contributed by atoms with van der Waals surface area (Å²) in [5.74, 6) is 1.88. The molecule has 4 atom stereocenters.